The summed E-state index contributed by atoms with van der Waals surface area (Å²) in [4.78, 5) is 23.8. The van der Waals surface area contributed by atoms with Gasteiger partial charge in [0.05, 0.1) is 19.4 Å². The van der Waals surface area contributed by atoms with Crippen molar-refractivity contribution in [1.82, 2.24) is 15.3 Å². The molecule has 1 aromatic carbocycles. The third kappa shape index (κ3) is 4.74. The molecular weight excluding hydrogens is 327 g/mol. The summed E-state index contributed by atoms with van der Waals surface area (Å²) in [5.74, 6) is -0.883. The van der Waals surface area contributed by atoms with Crippen LogP contribution in [0.15, 0.2) is 47.5 Å². The van der Waals surface area contributed by atoms with Crippen LogP contribution in [0, 0.1) is 5.82 Å². The third-order valence-corrected chi connectivity index (χ3v) is 3.10. The van der Waals surface area contributed by atoms with E-state index in [-0.39, 0.29) is 29.5 Å². The summed E-state index contributed by atoms with van der Waals surface area (Å²) < 4.78 is 18.5. The molecule has 1 heterocycles. The highest BCUT2D eigenvalue weighted by molar-refractivity contribution is 6.00. The van der Waals surface area contributed by atoms with Gasteiger partial charge in [0, 0.05) is 24.8 Å². The molecule has 0 saturated carbocycles. The summed E-state index contributed by atoms with van der Waals surface area (Å²) in [6.07, 6.45) is 5.25. The molecule has 0 aliphatic carbocycles. The number of halogens is 1. The number of anilines is 1. The number of amides is 1. The van der Waals surface area contributed by atoms with Crippen LogP contribution >= 0.6 is 0 Å². The van der Waals surface area contributed by atoms with Gasteiger partial charge >= 0.3 is 0 Å². The molecule has 0 bridgehead atoms. The van der Waals surface area contributed by atoms with Crippen molar-refractivity contribution in [3.05, 3.63) is 59.6 Å². The van der Waals surface area contributed by atoms with Crippen LogP contribution in [-0.2, 0) is 6.54 Å². The molecule has 0 fully saturated rings. The Kier molecular flexibility index (Phi) is 5.99. The zero-order valence-electron chi connectivity index (χ0n) is 13.4. The van der Waals surface area contributed by atoms with E-state index in [9.17, 15) is 9.18 Å². The van der Waals surface area contributed by atoms with Crippen LogP contribution < -0.4 is 21.5 Å². The predicted molar refractivity (Wildman–Crippen MR) is 91.3 cm³/mol. The first-order valence-corrected chi connectivity index (χ1v) is 7.17. The summed E-state index contributed by atoms with van der Waals surface area (Å²) in [5.41, 5.74) is 11.9. The molecule has 0 radical (unpaired) electrons. The molecule has 0 saturated heterocycles. The highest BCUT2D eigenvalue weighted by Gasteiger charge is 2.12. The van der Waals surface area contributed by atoms with Crippen LogP contribution in [0.5, 0.6) is 5.75 Å². The van der Waals surface area contributed by atoms with Gasteiger partial charge in [-0.1, -0.05) is 6.07 Å². The van der Waals surface area contributed by atoms with Crippen molar-refractivity contribution in [2.75, 3.05) is 12.8 Å². The van der Waals surface area contributed by atoms with Gasteiger partial charge in [-0.2, -0.15) is 0 Å². The molecule has 5 N–H and O–H groups in total. The number of aromatic nitrogens is 2. The molecule has 9 heteroatoms. The van der Waals surface area contributed by atoms with E-state index in [2.05, 4.69) is 20.3 Å². The Morgan fingerprint density at radius 2 is 2.16 bits per heavy atom. The lowest BCUT2D eigenvalue weighted by atomic mass is 10.2. The lowest BCUT2D eigenvalue weighted by molar-refractivity contribution is 0.0963. The lowest BCUT2D eigenvalue weighted by Gasteiger charge is -2.06. The maximum Gasteiger partial charge on any atom is 0.278 e. The lowest BCUT2D eigenvalue weighted by Crippen LogP contribution is -2.26. The third-order valence-electron chi connectivity index (χ3n) is 3.10. The van der Waals surface area contributed by atoms with Gasteiger partial charge in [-0.25, -0.2) is 14.4 Å². The topological polar surface area (TPSA) is 129 Å². The van der Waals surface area contributed by atoms with Crippen LogP contribution in [0.4, 0.5) is 10.2 Å². The number of aliphatic imine (C=N–C) groups is 1. The van der Waals surface area contributed by atoms with E-state index in [1.165, 1.54) is 44.1 Å². The minimum atomic E-state index is -0.566. The monoisotopic (exact) mass is 344 g/mol. The fraction of sp³-hybridized carbons (Fsp3) is 0.125. The molecule has 0 atom stereocenters. The highest BCUT2D eigenvalue weighted by Crippen LogP contribution is 2.18. The Morgan fingerprint density at radius 3 is 2.80 bits per heavy atom. The summed E-state index contributed by atoms with van der Waals surface area (Å²) in [7, 11) is 1.39. The van der Waals surface area contributed by atoms with Crippen molar-refractivity contribution in [2.45, 2.75) is 6.54 Å². The number of nitrogens with one attached hydrogen (secondary N) is 1. The van der Waals surface area contributed by atoms with Crippen LogP contribution in [0.2, 0.25) is 0 Å². The standard InChI is InChI=1S/C16H17FN6O2/c1-25-13-3-2-10(6-12(13)17)8-20-9-11(7-18)23-16(24)14-15(19)22-5-4-21-14/h2-7,9H,8,18H2,1H3,(H2,19,22)(H,23,24)/b11-7+,20-9?. The number of carbonyl (C=O) groups is 1. The second kappa shape index (κ2) is 8.39. The van der Waals surface area contributed by atoms with Crippen LogP contribution in [0.25, 0.3) is 0 Å². The van der Waals surface area contributed by atoms with Gasteiger partial charge in [-0.05, 0) is 17.7 Å². The maximum atomic E-state index is 13.6. The molecule has 2 aromatic rings. The van der Waals surface area contributed by atoms with Gasteiger partial charge in [0.1, 0.15) is 0 Å². The second-order valence-corrected chi connectivity index (χ2v) is 4.81. The molecule has 0 unspecified atom stereocenters. The van der Waals surface area contributed by atoms with E-state index in [0.29, 0.717) is 5.56 Å². The van der Waals surface area contributed by atoms with E-state index in [4.69, 9.17) is 16.2 Å². The molecule has 0 aliphatic rings. The number of carbonyl (C=O) groups excluding carboxylic acids is 1. The van der Waals surface area contributed by atoms with Crippen LogP contribution in [0.1, 0.15) is 16.1 Å². The Balaban J connectivity index is 2.00. The molecule has 0 aliphatic heterocycles. The molecule has 2 rings (SSSR count). The van der Waals surface area contributed by atoms with Crippen molar-refractivity contribution in [3.63, 3.8) is 0 Å². The number of hydrogen-bond acceptors (Lipinski definition) is 7. The first-order valence-electron chi connectivity index (χ1n) is 7.17. The van der Waals surface area contributed by atoms with Crippen molar-refractivity contribution < 1.29 is 13.9 Å². The first kappa shape index (κ1) is 17.9. The number of ether oxygens (including phenoxy) is 1. The van der Waals surface area contributed by atoms with Gasteiger partial charge in [-0.3, -0.25) is 9.79 Å². The minimum Gasteiger partial charge on any atom is -0.494 e. The van der Waals surface area contributed by atoms with Gasteiger partial charge in [0.2, 0.25) is 0 Å². The molecule has 1 aromatic heterocycles. The highest BCUT2D eigenvalue weighted by atomic mass is 19.1. The summed E-state index contributed by atoms with van der Waals surface area (Å²) in [5, 5.41) is 2.51. The summed E-state index contributed by atoms with van der Waals surface area (Å²) in [6, 6.07) is 4.52. The minimum absolute atomic E-state index is 0.00187. The van der Waals surface area contributed by atoms with E-state index in [0.717, 1.165) is 0 Å². The van der Waals surface area contributed by atoms with Crippen LogP contribution in [0.3, 0.4) is 0 Å². The quantitative estimate of drug-likeness (QED) is 0.671. The molecule has 130 valence electrons. The Hall–Kier alpha value is -3.49. The van der Waals surface area contributed by atoms with Gasteiger partial charge < -0.3 is 21.5 Å². The van der Waals surface area contributed by atoms with E-state index < -0.39 is 11.7 Å². The van der Waals surface area contributed by atoms with Crippen LogP contribution in [-0.4, -0.2) is 29.2 Å². The van der Waals surface area contributed by atoms with Crippen molar-refractivity contribution in [3.8, 4) is 5.75 Å². The molecule has 1 amide bonds. The normalized spacial score (nSPS) is 11.5. The van der Waals surface area contributed by atoms with Gasteiger partial charge in [0.25, 0.3) is 5.91 Å². The Morgan fingerprint density at radius 1 is 1.40 bits per heavy atom. The molecule has 8 nitrogen and oxygen atoms in total. The Labute approximate surface area is 143 Å². The zero-order valence-corrected chi connectivity index (χ0v) is 13.4. The number of nitrogens with two attached hydrogens (primary N) is 2. The smallest absolute Gasteiger partial charge is 0.278 e. The SMILES string of the molecule is COc1ccc(CN=C/C(=C\N)NC(=O)c2nccnc2N)cc1F. The summed E-state index contributed by atoms with van der Waals surface area (Å²) in [6.45, 7) is 0.196. The molecular formula is C16H17FN6O2. The number of nitrogens with zero attached hydrogens (tertiary/aromatic N) is 3. The van der Waals surface area contributed by atoms with E-state index in [1.54, 1.807) is 6.07 Å². The van der Waals surface area contributed by atoms with Crippen molar-refractivity contribution >= 4 is 17.9 Å². The van der Waals surface area contributed by atoms with E-state index in [1.807, 2.05) is 0 Å². The van der Waals surface area contributed by atoms with Crippen molar-refractivity contribution in [1.29, 1.82) is 0 Å². The fourth-order valence-electron chi connectivity index (χ4n) is 1.89. The zero-order chi connectivity index (χ0) is 18.2. The molecule has 25 heavy (non-hydrogen) atoms. The van der Waals surface area contributed by atoms with Crippen molar-refractivity contribution in [2.24, 2.45) is 10.7 Å². The fourth-order valence-corrected chi connectivity index (χ4v) is 1.89. The predicted octanol–water partition coefficient (Wildman–Crippen LogP) is 1.01. The summed E-state index contributed by atoms with van der Waals surface area (Å²) >= 11 is 0. The average Bonchev–Trinajstić information content (AvgIpc) is 2.61. The number of allylic oxidation sites excluding steroid dienone is 1. The number of rotatable bonds is 6. The van der Waals surface area contributed by atoms with Gasteiger partial charge in [0.15, 0.2) is 23.1 Å². The number of hydrogen-bond donors (Lipinski definition) is 3. The maximum absolute atomic E-state index is 13.6. The second-order valence-electron chi connectivity index (χ2n) is 4.81. The first-order chi connectivity index (χ1) is 12.0. The number of methoxy groups -OCH3 is 1. The largest absolute Gasteiger partial charge is 0.494 e. The Bertz CT molecular complexity index is 822. The van der Waals surface area contributed by atoms with E-state index >= 15 is 0 Å². The van der Waals surface area contributed by atoms with Gasteiger partial charge in [-0.15, -0.1) is 0 Å². The molecule has 0 spiro atoms. The number of nitrogen functional groups attached to an aromatic ring is 1. The average molecular weight is 344 g/mol. The number of benzene rings is 1.